The van der Waals surface area contributed by atoms with Crippen molar-refractivity contribution in [2.24, 2.45) is 5.92 Å². The van der Waals surface area contributed by atoms with Crippen molar-refractivity contribution in [1.29, 1.82) is 0 Å². The summed E-state index contributed by atoms with van der Waals surface area (Å²) >= 11 is 5.98. The molecule has 0 rings (SSSR count). The minimum absolute atomic E-state index is 0.458. The fraction of sp³-hybridized carbons (Fsp3) is 0.714. The monoisotopic (exact) mass is 228 g/mol. The molecule has 0 heterocycles. The largest absolute Gasteiger partial charge is 0.0895 e. The highest BCUT2D eigenvalue weighted by molar-refractivity contribution is 6.29. The summed E-state index contributed by atoms with van der Waals surface area (Å²) in [7, 11) is 0. The normalized spacial score (nSPS) is 14.0. The third kappa shape index (κ3) is 6.78. The molecule has 0 aromatic rings. The molecule has 0 aliphatic carbocycles. The van der Waals surface area contributed by atoms with E-state index in [0.717, 1.165) is 17.9 Å². The highest BCUT2D eigenvalue weighted by Gasteiger charge is 2.10. The average molecular weight is 229 g/mol. The van der Waals surface area contributed by atoms with E-state index < -0.39 is 0 Å². The molecule has 0 saturated carbocycles. The maximum Gasteiger partial charge on any atom is 0.0143 e. The van der Waals surface area contributed by atoms with Crippen molar-refractivity contribution in [3.63, 3.8) is 0 Å². The van der Waals surface area contributed by atoms with Crippen LogP contribution < -0.4 is 0 Å². The first-order valence-electron chi connectivity index (χ1n) is 6.14. The molecule has 0 aromatic carbocycles. The average Bonchev–Trinajstić information content (AvgIpc) is 2.22. The van der Waals surface area contributed by atoms with Gasteiger partial charge in [-0.2, -0.15) is 0 Å². The molecule has 0 N–H and O–H groups in total. The first kappa shape index (κ1) is 14.8. The fourth-order valence-corrected chi connectivity index (χ4v) is 1.99. The second-order valence-corrected chi connectivity index (χ2v) is 4.65. The van der Waals surface area contributed by atoms with E-state index in [1.807, 2.05) is 0 Å². The summed E-state index contributed by atoms with van der Waals surface area (Å²) in [4.78, 5) is 0. The van der Waals surface area contributed by atoms with E-state index in [2.05, 4.69) is 33.4 Å². The Morgan fingerprint density at radius 2 is 2.00 bits per heavy atom. The quantitative estimate of drug-likeness (QED) is 0.370. The SMILES string of the molecule is C=C(Cl)[C@@H](CC)C/C(=C\C)CCCCC. The molecule has 0 unspecified atom stereocenters. The molecule has 1 heteroatoms. The minimum atomic E-state index is 0.458. The van der Waals surface area contributed by atoms with Gasteiger partial charge in [0.2, 0.25) is 0 Å². The van der Waals surface area contributed by atoms with E-state index >= 15 is 0 Å². The first-order valence-corrected chi connectivity index (χ1v) is 6.51. The highest BCUT2D eigenvalue weighted by Crippen LogP contribution is 2.27. The van der Waals surface area contributed by atoms with Gasteiger partial charge in [-0.3, -0.25) is 0 Å². The number of hydrogen-bond donors (Lipinski definition) is 0. The molecule has 0 aliphatic heterocycles. The van der Waals surface area contributed by atoms with E-state index in [9.17, 15) is 0 Å². The number of halogens is 1. The molecule has 0 saturated heterocycles. The molecule has 88 valence electrons. The van der Waals surface area contributed by atoms with Crippen LogP contribution in [0.1, 0.15) is 59.3 Å². The Morgan fingerprint density at radius 3 is 2.40 bits per heavy atom. The van der Waals surface area contributed by atoms with Crippen LogP contribution in [0.4, 0.5) is 0 Å². The molecule has 0 aromatic heterocycles. The smallest absolute Gasteiger partial charge is 0.0143 e. The van der Waals surface area contributed by atoms with Crippen LogP contribution in [0, 0.1) is 5.92 Å². The minimum Gasteiger partial charge on any atom is -0.0895 e. The lowest BCUT2D eigenvalue weighted by atomic mass is 9.93. The zero-order chi connectivity index (χ0) is 11.7. The third-order valence-electron chi connectivity index (χ3n) is 2.95. The summed E-state index contributed by atoms with van der Waals surface area (Å²) in [6.45, 7) is 10.4. The number of rotatable bonds is 8. The molecule has 1 atom stereocenters. The van der Waals surface area contributed by atoms with Crippen LogP contribution in [0.5, 0.6) is 0 Å². The summed E-state index contributed by atoms with van der Waals surface area (Å²) in [6.07, 6.45) is 9.59. The third-order valence-corrected chi connectivity index (χ3v) is 3.26. The standard InChI is InChI=1S/C14H25Cl/c1-5-8-9-10-13(6-2)11-14(7-3)12(4)15/h6,14H,4-5,7-11H2,1-3H3/b13-6-/t14-/m0/s1. The molecule has 0 nitrogen and oxygen atoms in total. The van der Waals surface area contributed by atoms with E-state index in [4.69, 9.17) is 11.6 Å². The Bertz CT molecular complexity index is 203. The summed E-state index contributed by atoms with van der Waals surface area (Å²) < 4.78 is 0. The molecule has 0 amide bonds. The zero-order valence-corrected chi connectivity index (χ0v) is 11.2. The Labute approximate surface area is 100 Å². The summed E-state index contributed by atoms with van der Waals surface area (Å²) in [5.74, 6) is 0.458. The van der Waals surface area contributed by atoms with Crippen LogP contribution in [0.15, 0.2) is 23.3 Å². The van der Waals surface area contributed by atoms with Crippen LogP contribution in [0.25, 0.3) is 0 Å². The van der Waals surface area contributed by atoms with Crippen molar-refractivity contribution in [2.75, 3.05) is 0 Å². The van der Waals surface area contributed by atoms with Crippen molar-refractivity contribution in [3.8, 4) is 0 Å². The van der Waals surface area contributed by atoms with E-state index in [-0.39, 0.29) is 0 Å². The Kier molecular flexibility index (Phi) is 8.89. The van der Waals surface area contributed by atoms with Gasteiger partial charge in [0.1, 0.15) is 0 Å². The Balaban J connectivity index is 4.03. The number of hydrogen-bond acceptors (Lipinski definition) is 0. The van der Waals surface area contributed by atoms with Crippen LogP contribution in [-0.2, 0) is 0 Å². The van der Waals surface area contributed by atoms with Crippen molar-refractivity contribution < 1.29 is 0 Å². The molecule has 0 spiro atoms. The summed E-state index contributed by atoms with van der Waals surface area (Å²) in [5, 5.41) is 0.812. The predicted octanol–water partition coefficient (Wildman–Crippen LogP) is 5.68. The van der Waals surface area contributed by atoms with Gasteiger partial charge in [0.15, 0.2) is 0 Å². The van der Waals surface area contributed by atoms with E-state index in [1.165, 1.54) is 31.3 Å². The zero-order valence-electron chi connectivity index (χ0n) is 10.5. The fourth-order valence-electron chi connectivity index (χ4n) is 1.76. The molecule has 0 bridgehead atoms. The summed E-state index contributed by atoms with van der Waals surface area (Å²) in [5.41, 5.74) is 1.54. The van der Waals surface area contributed by atoms with Gasteiger partial charge in [0, 0.05) is 5.03 Å². The Morgan fingerprint density at radius 1 is 1.33 bits per heavy atom. The number of unbranched alkanes of at least 4 members (excludes halogenated alkanes) is 2. The van der Waals surface area contributed by atoms with Crippen molar-refractivity contribution in [2.45, 2.75) is 59.3 Å². The molecular weight excluding hydrogens is 204 g/mol. The highest BCUT2D eigenvalue weighted by atomic mass is 35.5. The molecule has 0 aliphatic rings. The van der Waals surface area contributed by atoms with Gasteiger partial charge in [-0.15, -0.1) is 0 Å². The van der Waals surface area contributed by atoms with E-state index in [1.54, 1.807) is 0 Å². The van der Waals surface area contributed by atoms with Crippen LogP contribution in [0.3, 0.4) is 0 Å². The van der Waals surface area contributed by atoms with Gasteiger partial charge >= 0.3 is 0 Å². The van der Waals surface area contributed by atoms with Crippen molar-refractivity contribution in [3.05, 3.63) is 23.3 Å². The second kappa shape index (κ2) is 9.03. The topological polar surface area (TPSA) is 0 Å². The van der Waals surface area contributed by atoms with Crippen LogP contribution in [-0.4, -0.2) is 0 Å². The lowest BCUT2D eigenvalue weighted by Crippen LogP contribution is -2.00. The van der Waals surface area contributed by atoms with Crippen molar-refractivity contribution >= 4 is 11.6 Å². The van der Waals surface area contributed by atoms with Gasteiger partial charge in [-0.25, -0.2) is 0 Å². The number of allylic oxidation sites excluding steroid dienone is 3. The molecular formula is C14H25Cl. The second-order valence-electron chi connectivity index (χ2n) is 4.16. The van der Waals surface area contributed by atoms with Crippen molar-refractivity contribution in [1.82, 2.24) is 0 Å². The lowest BCUT2D eigenvalue weighted by Gasteiger charge is -2.15. The maximum absolute atomic E-state index is 5.98. The molecule has 0 radical (unpaired) electrons. The maximum atomic E-state index is 5.98. The first-order chi connectivity index (χ1) is 7.15. The molecule has 0 fully saturated rings. The van der Waals surface area contributed by atoms with Crippen LogP contribution in [0.2, 0.25) is 0 Å². The van der Waals surface area contributed by atoms with E-state index in [0.29, 0.717) is 5.92 Å². The molecule has 15 heavy (non-hydrogen) atoms. The van der Waals surface area contributed by atoms with Gasteiger partial charge < -0.3 is 0 Å². The van der Waals surface area contributed by atoms with Gasteiger partial charge in [0.25, 0.3) is 0 Å². The predicted molar refractivity (Wildman–Crippen MR) is 71.3 cm³/mol. The van der Waals surface area contributed by atoms with Crippen LogP contribution >= 0.6 is 11.6 Å². The van der Waals surface area contributed by atoms with Gasteiger partial charge in [-0.05, 0) is 38.5 Å². The van der Waals surface area contributed by atoms with Gasteiger partial charge in [-0.1, -0.05) is 56.5 Å². The van der Waals surface area contributed by atoms with Gasteiger partial charge in [0.05, 0.1) is 0 Å². The summed E-state index contributed by atoms with van der Waals surface area (Å²) in [6, 6.07) is 0. The Hall–Kier alpha value is -0.230. The lowest BCUT2D eigenvalue weighted by molar-refractivity contribution is 0.584.